The van der Waals surface area contributed by atoms with Crippen LogP contribution in [0, 0.1) is 11.8 Å². The van der Waals surface area contributed by atoms with Gasteiger partial charge >= 0.3 is 0 Å². The zero-order valence-electron chi connectivity index (χ0n) is 11.3. The minimum Gasteiger partial charge on any atom is -0.327 e. The largest absolute Gasteiger partial charge is 0.327 e. The molecule has 1 aliphatic carbocycles. The molecular formula is C15H22BrClN2. The van der Waals surface area contributed by atoms with E-state index in [9.17, 15) is 0 Å². The van der Waals surface area contributed by atoms with Crippen LogP contribution in [0.5, 0.6) is 0 Å². The second-order valence-electron chi connectivity index (χ2n) is 5.82. The van der Waals surface area contributed by atoms with E-state index >= 15 is 0 Å². The molecule has 0 radical (unpaired) electrons. The summed E-state index contributed by atoms with van der Waals surface area (Å²) in [4.78, 5) is 2.61. The van der Waals surface area contributed by atoms with E-state index in [4.69, 9.17) is 5.73 Å². The average molecular weight is 346 g/mol. The summed E-state index contributed by atoms with van der Waals surface area (Å²) in [5, 5.41) is 0. The van der Waals surface area contributed by atoms with Crippen molar-refractivity contribution in [2.24, 2.45) is 17.6 Å². The van der Waals surface area contributed by atoms with E-state index in [1.165, 1.54) is 36.0 Å². The van der Waals surface area contributed by atoms with Crippen LogP contribution >= 0.6 is 28.3 Å². The fourth-order valence-corrected chi connectivity index (χ4v) is 4.28. The van der Waals surface area contributed by atoms with Gasteiger partial charge in [0.15, 0.2) is 0 Å². The second-order valence-corrected chi connectivity index (χ2v) is 6.67. The molecule has 1 aromatic carbocycles. The molecular weight excluding hydrogens is 324 g/mol. The first-order valence-electron chi connectivity index (χ1n) is 6.91. The Morgan fingerprint density at radius 1 is 1.26 bits per heavy atom. The third kappa shape index (κ3) is 2.85. The molecule has 4 unspecified atom stereocenters. The lowest BCUT2D eigenvalue weighted by atomic mass is 9.98. The van der Waals surface area contributed by atoms with Crippen molar-refractivity contribution < 1.29 is 0 Å². The van der Waals surface area contributed by atoms with E-state index in [0.717, 1.165) is 11.8 Å². The lowest BCUT2D eigenvalue weighted by Crippen LogP contribution is -2.31. The van der Waals surface area contributed by atoms with Crippen molar-refractivity contribution in [2.45, 2.75) is 31.8 Å². The molecule has 19 heavy (non-hydrogen) atoms. The van der Waals surface area contributed by atoms with Crippen molar-refractivity contribution in [3.05, 3.63) is 34.3 Å². The van der Waals surface area contributed by atoms with Crippen molar-refractivity contribution >= 4 is 28.3 Å². The summed E-state index contributed by atoms with van der Waals surface area (Å²) in [5.74, 6) is 1.57. The predicted molar refractivity (Wildman–Crippen MR) is 85.6 cm³/mol. The molecule has 4 heteroatoms. The molecule has 0 amide bonds. The lowest BCUT2D eigenvalue weighted by molar-refractivity contribution is 0.238. The van der Waals surface area contributed by atoms with Crippen molar-refractivity contribution in [1.82, 2.24) is 4.90 Å². The molecule has 1 aliphatic heterocycles. The highest BCUT2D eigenvalue weighted by Gasteiger charge is 2.42. The van der Waals surface area contributed by atoms with Gasteiger partial charge in [0.05, 0.1) is 0 Å². The molecule has 2 aliphatic rings. The Hall–Kier alpha value is -0.0900. The SMILES string of the molecule is CC(c1ccccc1Br)N1CC2CCC(N)C2C1.Cl. The molecule has 1 heterocycles. The van der Waals surface area contributed by atoms with Crippen LogP contribution in [0.4, 0.5) is 0 Å². The van der Waals surface area contributed by atoms with Crippen molar-refractivity contribution in [3.63, 3.8) is 0 Å². The fraction of sp³-hybridized carbons (Fsp3) is 0.600. The van der Waals surface area contributed by atoms with Crippen LogP contribution < -0.4 is 5.73 Å². The Labute approximate surface area is 130 Å². The van der Waals surface area contributed by atoms with E-state index in [-0.39, 0.29) is 12.4 Å². The first-order chi connectivity index (χ1) is 8.66. The number of nitrogens with two attached hydrogens (primary N) is 1. The minimum absolute atomic E-state index is 0. The smallest absolute Gasteiger partial charge is 0.0331 e. The van der Waals surface area contributed by atoms with E-state index in [1.807, 2.05) is 0 Å². The Kier molecular flexibility index (Phi) is 4.93. The third-order valence-corrected chi connectivity index (χ3v) is 5.57. The van der Waals surface area contributed by atoms with Gasteiger partial charge in [0.25, 0.3) is 0 Å². The number of benzene rings is 1. The maximum Gasteiger partial charge on any atom is 0.0331 e. The molecule has 0 aromatic heterocycles. The van der Waals surface area contributed by atoms with Crippen molar-refractivity contribution in [1.29, 1.82) is 0 Å². The van der Waals surface area contributed by atoms with Gasteiger partial charge in [-0.15, -0.1) is 12.4 Å². The van der Waals surface area contributed by atoms with Gasteiger partial charge < -0.3 is 5.73 Å². The van der Waals surface area contributed by atoms with Gasteiger partial charge in [-0.1, -0.05) is 34.1 Å². The molecule has 2 nitrogen and oxygen atoms in total. The summed E-state index contributed by atoms with van der Waals surface area (Å²) >= 11 is 3.67. The molecule has 1 saturated carbocycles. The molecule has 0 bridgehead atoms. The number of hydrogen-bond donors (Lipinski definition) is 1. The Bertz CT molecular complexity index is 440. The summed E-state index contributed by atoms with van der Waals surface area (Å²) in [7, 11) is 0. The quantitative estimate of drug-likeness (QED) is 0.887. The Morgan fingerprint density at radius 2 is 2.00 bits per heavy atom. The third-order valence-electron chi connectivity index (χ3n) is 4.84. The normalized spacial score (nSPS) is 31.8. The topological polar surface area (TPSA) is 29.3 Å². The molecule has 0 spiro atoms. The maximum absolute atomic E-state index is 6.21. The number of likely N-dealkylation sites (tertiary alicyclic amines) is 1. The Morgan fingerprint density at radius 3 is 2.68 bits per heavy atom. The standard InChI is InChI=1S/C15H21BrN2.ClH/c1-10(12-4-2-3-5-14(12)16)18-8-11-6-7-15(17)13(11)9-18;/h2-5,10-11,13,15H,6-9,17H2,1H3;1H. The average Bonchev–Trinajstić information content (AvgIpc) is 2.92. The van der Waals surface area contributed by atoms with Crippen molar-refractivity contribution in [3.8, 4) is 0 Å². The number of rotatable bonds is 2. The first kappa shape index (κ1) is 15.3. The minimum atomic E-state index is 0. The number of hydrogen-bond acceptors (Lipinski definition) is 2. The van der Waals surface area contributed by atoms with Crippen LogP contribution in [0.1, 0.15) is 31.4 Å². The first-order valence-corrected chi connectivity index (χ1v) is 7.70. The van der Waals surface area contributed by atoms with E-state index in [0.29, 0.717) is 12.1 Å². The van der Waals surface area contributed by atoms with E-state index in [2.05, 4.69) is 52.0 Å². The van der Waals surface area contributed by atoms with Gasteiger partial charge in [-0.25, -0.2) is 0 Å². The number of fused-ring (bicyclic) bond motifs is 1. The summed E-state index contributed by atoms with van der Waals surface area (Å²) in [6.45, 7) is 4.71. The van der Waals surface area contributed by atoms with Gasteiger partial charge in [0.2, 0.25) is 0 Å². The van der Waals surface area contributed by atoms with Gasteiger partial charge in [-0.05, 0) is 43.2 Å². The van der Waals surface area contributed by atoms with Gasteiger partial charge in [-0.3, -0.25) is 4.90 Å². The monoisotopic (exact) mass is 344 g/mol. The molecule has 3 rings (SSSR count). The Balaban J connectivity index is 0.00000133. The van der Waals surface area contributed by atoms with Crippen LogP contribution in [-0.4, -0.2) is 24.0 Å². The molecule has 2 N–H and O–H groups in total. The maximum atomic E-state index is 6.21. The lowest BCUT2D eigenvalue weighted by Gasteiger charge is -2.27. The van der Waals surface area contributed by atoms with Crippen molar-refractivity contribution in [2.75, 3.05) is 13.1 Å². The summed E-state index contributed by atoms with van der Waals surface area (Å²) < 4.78 is 1.22. The molecule has 4 atom stereocenters. The van der Waals surface area contributed by atoms with Crippen LogP contribution in [0.25, 0.3) is 0 Å². The van der Waals surface area contributed by atoms with E-state index < -0.39 is 0 Å². The highest BCUT2D eigenvalue weighted by atomic mass is 79.9. The van der Waals surface area contributed by atoms with Gasteiger partial charge in [-0.2, -0.15) is 0 Å². The van der Waals surface area contributed by atoms with Crippen LogP contribution in [0.15, 0.2) is 28.7 Å². The second kappa shape index (κ2) is 6.13. The molecule has 2 fully saturated rings. The number of nitrogens with zero attached hydrogens (tertiary/aromatic N) is 1. The van der Waals surface area contributed by atoms with Crippen LogP contribution in [-0.2, 0) is 0 Å². The summed E-state index contributed by atoms with van der Waals surface area (Å²) in [6, 6.07) is 9.48. The molecule has 106 valence electrons. The summed E-state index contributed by atoms with van der Waals surface area (Å²) in [5.41, 5.74) is 7.61. The predicted octanol–water partition coefficient (Wildman–Crippen LogP) is 3.60. The van der Waals surface area contributed by atoms with Crippen LogP contribution in [0.2, 0.25) is 0 Å². The highest BCUT2D eigenvalue weighted by molar-refractivity contribution is 9.10. The number of halogens is 2. The highest BCUT2D eigenvalue weighted by Crippen LogP contribution is 2.41. The van der Waals surface area contributed by atoms with E-state index in [1.54, 1.807) is 0 Å². The zero-order valence-corrected chi connectivity index (χ0v) is 13.7. The van der Waals surface area contributed by atoms with Crippen LogP contribution in [0.3, 0.4) is 0 Å². The zero-order chi connectivity index (χ0) is 12.7. The van der Waals surface area contributed by atoms with Gasteiger partial charge in [0.1, 0.15) is 0 Å². The molecule has 1 aromatic rings. The van der Waals surface area contributed by atoms with Gasteiger partial charge in [0, 0.05) is 29.6 Å². The summed E-state index contributed by atoms with van der Waals surface area (Å²) in [6.07, 6.45) is 2.55. The fourth-order valence-electron chi connectivity index (χ4n) is 3.67. The molecule has 1 saturated heterocycles.